The van der Waals surface area contributed by atoms with Crippen molar-refractivity contribution >= 4 is 0 Å². The van der Waals surface area contributed by atoms with Gasteiger partial charge in [-0.2, -0.15) is 0 Å². The molecular weight excluding hydrogens is 372 g/mol. The number of benzene rings is 1. The highest BCUT2D eigenvalue weighted by Gasteiger charge is 2.35. The van der Waals surface area contributed by atoms with Crippen LogP contribution >= 0.6 is 0 Å². The molecule has 158 valence electrons. The van der Waals surface area contributed by atoms with Crippen molar-refractivity contribution in [2.24, 2.45) is 0 Å². The Morgan fingerprint density at radius 1 is 1.28 bits per heavy atom. The summed E-state index contributed by atoms with van der Waals surface area (Å²) in [5, 5.41) is 20.9. The molecule has 0 aliphatic carbocycles. The van der Waals surface area contributed by atoms with Crippen LogP contribution in [-0.2, 0) is 17.6 Å². The van der Waals surface area contributed by atoms with Crippen LogP contribution in [0.5, 0.6) is 0 Å². The molecule has 2 aromatic rings. The molecule has 0 saturated carbocycles. The molecule has 1 aliphatic rings. The maximum Gasteiger partial charge on any atom is 0.330 e. The number of aromatic amines is 1. The summed E-state index contributed by atoms with van der Waals surface area (Å²) in [7, 11) is 0. The highest BCUT2D eigenvalue weighted by Crippen LogP contribution is 2.30. The van der Waals surface area contributed by atoms with E-state index in [2.05, 4.69) is 4.98 Å². The molecular formula is C22H30N2O5. The average molecular weight is 402 g/mol. The molecule has 1 unspecified atom stereocenters. The van der Waals surface area contributed by atoms with Gasteiger partial charge in [-0.3, -0.25) is 14.3 Å². The second-order valence-electron chi connectivity index (χ2n) is 7.91. The lowest BCUT2D eigenvalue weighted by molar-refractivity contribution is -0.0301. The molecule has 29 heavy (non-hydrogen) atoms. The maximum atomic E-state index is 12.1. The molecule has 3 rings (SSSR count). The number of ether oxygens (including phenoxy) is 1. The van der Waals surface area contributed by atoms with Gasteiger partial charge >= 0.3 is 5.69 Å². The zero-order valence-electron chi connectivity index (χ0n) is 17.2. The van der Waals surface area contributed by atoms with Crippen molar-refractivity contribution in [2.75, 3.05) is 0 Å². The van der Waals surface area contributed by atoms with E-state index in [0.29, 0.717) is 31.2 Å². The minimum absolute atomic E-state index is 0.271. The molecule has 0 amide bonds. The zero-order chi connectivity index (χ0) is 21.1. The lowest BCUT2D eigenvalue weighted by atomic mass is 9.95. The number of nitrogens with one attached hydrogen (secondary N) is 1. The van der Waals surface area contributed by atoms with E-state index in [4.69, 9.17) is 4.74 Å². The van der Waals surface area contributed by atoms with Crippen molar-refractivity contribution in [2.45, 2.75) is 77.4 Å². The maximum absolute atomic E-state index is 12.1. The van der Waals surface area contributed by atoms with Crippen LogP contribution in [0.25, 0.3) is 0 Å². The Kier molecular flexibility index (Phi) is 6.72. The third-order valence-corrected chi connectivity index (χ3v) is 5.81. The summed E-state index contributed by atoms with van der Waals surface area (Å²) in [6, 6.07) is 6.08. The summed E-state index contributed by atoms with van der Waals surface area (Å²) in [5.74, 6) is 0. The Balaban J connectivity index is 1.62. The molecule has 0 radical (unpaired) electrons. The Morgan fingerprint density at radius 2 is 1.97 bits per heavy atom. The van der Waals surface area contributed by atoms with Gasteiger partial charge in [0.2, 0.25) is 0 Å². The number of aliphatic hydroxyl groups excluding tert-OH is 2. The number of hydrogen-bond acceptors (Lipinski definition) is 5. The van der Waals surface area contributed by atoms with Gasteiger partial charge in [0.1, 0.15) is 6.23 Å². The molecule has 7 nitrogen and oxygen atoms in total. The monoisotopic (exact) mass is 402 g/mol. The van der Waals surface area contributed by atoms with Crippen LogP contribution in [0.1, 0.15) is 54.7 Å². The molecule has 0 spiro atoms. The van der Waals surface area contributed by atoms with Gasteiger partial charge < -0.3 is 14.9 Å². The van der Waals surface area contributed by atoms with Gasteiger partial charge in [-0.1, -0.05) is 25.1 Å². The predicted octanol–water partition coefficient (Wildman–Crippen LogP) is 1.75. The van der Waals surface area contributed by atoms with E-state index in [9.17, 15) is 19.8 Å². The van der Waals surface area contributed by atoms with E-state index < -0.39 is 35.8 Å². The van der Waals surface area contributed by atoms with E-state index in [1.807, 2.05) is 39.0 Å². The standard InChI is InChI=1S/C22H30N2O5/c1-4-15-12-24(22(28)23-21(15)27)20-11-18(26)19(29-20)9-8-16(25)10-17-13(2)6-5-7-14(17)3/h5-7,12,16,18-20,25-26H,4,8-11H2,1-3H3,(H,23,27,28)/t16?,18-,19+,20+/m0/s1. The first-order valence-corrected chi connectivity index (χ1v) is 10.2. The minimum atomic E-state index is -0.726. The van der Waals surface area contributed by atoms with Gasteiger partial charge in [0.25, 0.3) is 5.56 Å². The quantitative estimate of drug-likeness (QED) is 0.654. The van der Waals surface area contributed by atoms with Gasteiger partial charge in [-0.15, -0.1) is 0 Å². The number of H-pyrrole nitrogens is 1. The highest BCUT2D eigenvalue weighted by molar-refractivity contribution is 5.33. The average Bonchev–Trinajstić information content (AvgIpc) is 3.03. The summed E-state index contributed by atoms with van der Waals surface area (Å²) in [4.78, 5) is 26.2. The topological polar surface area (TPSA) is 105 Å². The van der Waals surface area contributed by atoms with Gasteiger partial charge in [-0.05, 0) is 56.2 Å². The van der Waals surface area contributed by atoms with Gasteiger partial charge in [-0.25, -0.2) is 4.79 Å². The van der Waals surface area contributed by atoms with E-state index >= 15 is 0 Å². The lowest BCUT2D eigenvalue weighted by Gasteiger charge is -2.19. The molecule has 0 bridgehead atoms. The number of aryl methyl sites for hydroxylation is 3. The molecule has 7 heteroatoms. The van der Waals surface area contributed by atoms with Crippen LogP contribution in [0.4, 0.5) is 0 Å². The van der Waals surface area contributed by atoms with Crippen molar-refractivity contribution in [3.8, 4) is 0 Å². The zero-order valence-corrected chi connectivity index (χ0v) is 17.2. The normalized spacial score (nSPS) is 22.7. The van der Waals surface area contributed by atoms with Crippen LogP contribution in [0.2, 0.25) is 0 Å². The van der Waals surface area contributed by atoms with Crippen LogP contribution in [0.15, 0.2) is 34.0 Å². The van der Waals surface area contributed by atoms with Gasteiger partial charge in [0.05, 0.1) is 18.3 Å². The SMILES string of the molecule is CCc1cn([C@H]2C[C@H](O)[C@@H](CCC(O)Cc3c(C)cccc3C)O2)c(=O)[nH]c1=O. The molecule has 1 aliphatic heterocycles. The van der Waals surface area contributed by atoms with E-state index in [1.54, 1.807) is 0 Å². The van der Waals surface area contributed by atoms with Crippen molar-refractivity contribution in [1.29, 1.82) is 0 Å². The first-order chi connectivity index (χ1) is 13.8. The second-order valence-corrected chi connectivity index (χ2v) is 7.91. The Labute approximate surface area is 170 Å². The summed E-state index contributed by atoms with van der Waals surface area (Å²) < 4.78 is 7.25. The molecule has 3 N–H and O–H groups in total. The van der Waals surface area contributed by atoms with Crippen LogP contribution in [0, 0.1) is 13.8 Å². The molecule has 1 aromatic heterocycles. The van der Waals surface area contributed by atoms with Crippen molar-refractivity contribution < 1.29 is 14.9 Å². The Bertz CT molecular complexity index is 944. The summed E-state index contributed by atoms with van der Waals surface area (Å²) in [5.41, 5.74) is 3.03. The van der Waals surface area contributed by atoms with E-state index in [-0.39, 0.29) is 6.42 Å². The fourth-order valence-corrected chi connectivity index (χ4v) is 4.00. The number of nitrogens with zero attached hydrogens (tertiary/aromatic N) is 1. The fourth-order valence-electron chi connectivity index (χ4n) is 4.00. The summed E-state index contributed by atoms with van der Waals surface area (Å²) in [6.07, 6.45) is 1.47. The number of aromatic nitrogens is 2. The Hall–Kier alpha value is -2.22. The smallest absolute Gasteiger partial charge is 0.330 e. The predicted molar refractivity (Wildman–Crippen MR) is 110 cm³/mol. The van der Waals surface area contributed by atoms with Crippen molar-refractivity contribution in [3.05, 3.63) is 67.5 Å². The van der Waals surface area contributed by atoms with Gasteiger partial charge in [0, 0.05) is 18.2 Å². The largest absolute Gasteiger partial charge is 0.393 e. The summed E-state index contributed by atoms with van der Waals surface area (Å²) >= 11 is 0. The van der Waals surface area contributed by atoms with Crippen LogP contribution < -0.4 is 11.2 Å². The highest BCUT2D eigenvalue weighted by atomic mass is 16.5. The van der Waals surface area contributed by atoms with Crippen molar-refractivity contribution in [3.63, 3.8) is 0 Å². The third-order valence-electron chi connectivity index (χ3n) is 5.81. The first kappa shape index (κ1) is 21.5. The van der Waals surface area contributed by atoms with Crippen LogP contribution in [0.3, 0.4) is 0 Å². The number of rotatable bonds is 7. The number of hydrogen-bond donors (Lipinski definition) is 3. The molecule has 4 atom stereocenters. The second kappa shape index (κ2) is 9.07. The molecule has 1 fully saturated rings. The van der Waals surface area contributed by atoms with E-state index in [0.717, 1.165) is 16.7 Å². The lowest BCUT2D eigenvalue weighted by Crippen LogP contribution is -2.34. The van der Waals surface area contributed by atoms with Gasteiger partial charge in [0.15, 0.2) is 0 Å². The van der Waals surface area contributed by atoms with Crippen LogP contribution in [-0.4, -0.2) is 38.1 Å². The minimum Gasteiger partial charge on any atom is -0.393 e. The molecule has 1 saturated heterocycles. The molecule has 1 aromatic carbocycles. The fraction of sp³-hybridized carbons (Fsp3) is 0.545. The Morgan fingerprint density at radius 3 is 2.62 bits per heavy atom. The first-order valence-electron chi connectivity index (χ1n) is 10.2. The van der Waals surface area contributed by atoms with Crippen molar-refractivity contribution in [1.82, 2.24) is 9.55 Å². The number of aliphatic hydroxyl groups is 2. The van der Waals surface area contributed by atoms with E-state index in [1.165, 1.54) is 10.8 Å². The third kappa shape index (κ3) is 4.86. The summed E-state index contributed by atoms with van der Waals surface area (Å²) in [6.45, 7) is 5.91. The molecule has 2 heterocycles.